The summed E-state index contributed by atoms with van der Waals surface area (Å²) in [6, 6.07) is 6.54. The van der Waals surface area contributed by atoms with Gasteiger partial charge in [0.2, 0.25) is 0 Å². The molecular formula is C16H27NO2. The van der Waals surface area contributed by atoms with Crippen molar-refractivity contribution in [1.82, 2.24) is 0 Å². The third-order valence-corrected chi connectivity index (χ3v) is 3.07. The van der Waals surface area contributed by atoms with Crippen LogP contribution in [-0.4, -0.2) is 19.3 Å². The van der Waals surface area contributed by atoms with Crippen LogP contribution in [0.4, 0.5) is 0 Å². The van der Waals surface area contributed by atoms with Gasteiger partial charge in [-0.1, -0.05) is 19.9 Å². The highest BCUT2D eigenvalue weighted by Gasteiger charge is 2.08. The first kappa shape index (κ1) is 16.0. The summed E-state index contributed by atoms with van der Waals surface area (Å²) >= 11 is 0. The molecule has 0 bridgehead atoms. The number of benzene rings is 1. The molecule has 19 heavy (non-hydrogen) atoms. The zero-order valence-corrected chi connectivity index (χ0v) is 12.4. The molecule has 1 rings (SSSR count). The summed E-state index contributed by atoms with van der Waals surface area (Å²) in [5, 5.41) is 0. The Morgan fingerprint density at radius 2 is 2.00 bits per heavy atom. The molecule has 0 spiro atoms. The Morgan fingerprint density at radius 3 is 2.63 bits per heavy atom. The molecule has 3 nitrogen and oxygen atoms in total. The Morgan fingerprint density at radius 1 is 1.21 bits per heavy atom. The van der Waals surface area contributed by atoms with Gasteiger partial charge in [-0.25, -0.2) is 0 Å². The molecule has 0 radical (unpaired) electrons. The van der Waals surface area contributed by atoms with Crippen molar-refractivity contribution in [3.63, 3.8) is 0 Å². The van der Waals surface area contributed by atoms with Crippen LogP contribution in [0.2, 0.25) is 0 Å². The summed E-state index contributed by atoms with van der Waals surface area (Å²) in [4.78, 5) is 0. The van der Waals surface area contributed by atoms with Crippen LogP contribution in [-0.2, 0) is 17.8 Å². The van der Waals surface area contributed by atoms with Crippen molar-refractivity contribution in [3.8, 4) is 5.75 Å². The summed E-state index contributed by atoms with van der Waals surface area (Å²) in [6.45, 7) is 8.29. The van der Waals surface area contributed by atoms with Crippen LogP contribution in [0.3, 0.4) is 0 Å². The number of rotatable bonds is 9. The maximum atomic E-state index is 6.01. The van der Waals surface area contributed by atoms with E-state index in [0.717, 1.165) is 37.2 Å². The van der Waals surface area contributed by atoms with Crippen molar-refractivity contribution < 1.29 is 9.47 Å². The van der Waals surface area contributed by atoms with Gasteiger partial charge in [0.25, 0.3) is 0 Å². The van der Waals surface area contributed by atoms with E-state index in [2.05, 4.69) is 26.0 Å². The smallest absolute Gasteiger partial charge is 0.124 e. The molecule has 1 aromatic carbocycles. The Hall–Kier alpha value is -1.06. The number of hydrogen-bond acceptors (Lipinski definition) is 3. The monoisotopic (exact) mass is 265 g/mol. The molecule has 0 aromatic heterocycles. The molecule has 1 aromatic rings. The second kappa shape index (κ2) is 8.94. The first-order chi connectivity index (χ1) is 9.21. The lowest BCUT2D eigenvalue weighted by Gasteiger charge is -2.14. The summed E-state index contributed by atoms with van der Waals surface area (Å²) < 4.78 is 11.3. The molecule has 0 aliphatic rings. The quantitative estimate of drug-likeness (QED) is 0.745. The number of hydrogen-bond donors (Lipinski definition) is 1. The standard InChI is InChI=1S/C16H27NO2/c1-4-9-19-16-8-7-13(11-15(17)5-2)10-14(16)12-18-6-3/h7-8,10,15H,4-6,9,11-12,17H2,1-3H3. The molecule has 108 valence electrons. The summed E-state index contributed by atoms with van der Waals surface area (Å²) in [5.41, 5.74) is 8.39. The Balaban J connectivity index is 2.80. The molecule has 0 aliphatic carbocycles. The van der Waals surface area contributed by atoms with Crippen molar-refractivity contribution >= 4 is 0 Å². The van der Waals surface area contributed by atoms with Crippen LogP contribution in [0, 0.1) is 0 Å². The molecule has 0 aliphatic heterocycles. The minimum absolute atomic E-state index is 0.224. The van der Waals surface area contributed by atoms with Crippen molar-refractivity contribution in [3.05, 3.63) is 29.3 Å². The molecule has 0 saturated carbocycles. The first-order valence-electron chi connectivity index (χ1n) is 7.29. The fraction of sp³-hybridized carbons (Fsp3) is 0.625. The summed E-state index contributed by atoms with van der Waals surface area (Å²) in [7, 11) is 0. The van der Waals surface area contributed by atoms with E-state index in [-0.39, 0.29) is 6.04 Å². The number of ether oxygens (including phenoxy) is 2. The molecule has 3 heteroatoms. The predicted octanol–water partition coefficient (Wildman–Crippen LogP) is 3.29. The fourth-order valence-electron chi connectivity index (χ4n) is 1.88. The molecule has 0 saturated heterocycles. The van der Waals surface area contributed by atoms with Gasteiger partial charge in [-0.15, -0.1) is 0 Å². The summed E-state index contributed by atoms with van der Waals surface area (Å²) in [6.07, 6.45) is 2.91. The van der Waals surface area contributed by atoms with Gasteiger partial charge in [0.15, 0.2) is 0 Å². The van der Waals surface area contributed by atoms with Crippen LogP contribution in [0.15, 0.2) is 18.2 Å². The highest BCUT2D eigenvalue weighted by molar-refractivity contribution is 5.37. The van der Waals surface area contributed by atoms with Crippen LogP contribution < -0.4 is 10.5 Å². The average Bonchev–Trinajstić information content (AvgIpc) is 2.43. The zero-order valence-electron chi connectivity index (χ0n) is 12.4. The van der Waals surface area contributed by atoms with E-state index in [1.807, 2.05) is 13.0 Å². The highest BCUT2D eigenvalue weighted by atomic mass is 16.5. The lowest BCUT2D eigenvalue weighted by Crippen LogP contribution is -2.21. The van der Waals surface area contributed by atoms with Crippen molar-refractivity contribution in [1.29, 1.82) is 0 Å². The van der Waals surface area contributed by atoms with E-state index < -0.39 is 0 Å². The fourth-order valence-corrected chi connectivity index (χ4v) is 1.88. The molecular weight excluding hydrogens is 238 g/mol. The first-order valence-corrected chi connectivity index (χ1v) is 7.29. The minimum Gasteiger partial charge on any atom is -0.493 e. The lowest BCUT2D eigenvalue weighted by molar-refractivity contribution is 0.131. The number of nitrogens with two attached hydrogens (primary N) is 1. The van der Waals surface area contributed by atoms with Crippen LogP contribution in [0.1, 0.15) is 44.7 Å². The molecule has 0 amide bonds. The molecule has 2 N–H and O–H groups in total. The van der Waals surface area contributed by atoms with Gasteiger partial charge in [-0.05, 0) is 43.9 Å². The van der Waals surface area contributed by atoms with E-state index in [4.69, 9.17) is 15.2 Å². The Bertz CT molecular complexity index is 366. The van der Waals surface area contributed by atoms with E-state index in [1.54, 1.807) is 0 Å². The maximum absolute atomic E-state index is 6.01. The third kappa shape index (κ3) is 5.62. The minimum atomic E-state index is 0.224. The largest absolute Gasteiger partial charge is 0.493 e. The van der Waals surface area contributed by atoms with Gasteiger partial charge >= 0.3 is 0 Å². The van der Waals surface area contributed by atoms with E-state index in [1.165, 1.54) is 5.56 Å². The zero-order chi connectivity index (χ0) is 14.1. The van der Waals surface area contributed by atoms with Gasteiger partial charge in [-0.3, -0.25) is 0 Å². The topological polar surface area (TPSA) is 44.5 Å². The predicted molar refractivity (Wildman–Crippen MR) is 79.5 cm³/mol. The van der Waals surface area contributed by atoms with E-state index >= 15 is 0 Å². The van der Waals surface area contributed by atoms with Gasteiger partial charge in [0.05, 0.1) is 13.2 Å². The Labute approximate surface area is 117 Å². The van der Waals surface area contributed by atoms with Crippen molar-refractivity contribution in [2.45, 2.75) is 52.7 Å². The second-order valence-electron chi connectivity index (χ2n) is 4.80. The molecule has 0 fully saturated rings. The molecule has 0 heterocycles. The molecule has 1 atom stereocenters. The summed E-state index contributed by atoms with van der Waals surface area (Å²) in [5.74, 6) is 0.934. The van der Waals surface area contributed by atoms with E-state index in [0.29, 0.717) is 13.2 Å². The van der Waals surface area contributed by atoms with Crippen molar-refractivity contribution in [2.75, 3.05) is 13.2 Å². The normalized spacial score (nSPS) is 12.4. The Kier molecular flexibility index (Phi) is 7.53. The van der Waals surface area contributed by atoms with Crippen LogP contribution in [0.5, 0.6) is 5.75 Å². The lowest BCUT2D eigenvalue weighted by atomic mass is 10.0. The second-order valence-corrected chi connectivity index (χ2v) is 4.80. The van der Waals surface area contributed by atoms with Gasteiger partial charge in [0, 0.05) is 18.2 Å². The van der Waals surface area contributed by atoms with Crippen LogP contribution >= 0.6 is 0 Å². The highest BCUT2D eigenvalue weighted by Crippen LogP contribution is 2.22. The average molecular weight is 265 g/mol. The third-order valence-electron chi connectivity index (χ3n) is 3.07. The van der Waals surface area contributed by atoms with Crippen molar-refractivity contribution in [2.24, 2.45) is 5.73 Å². The SMILES string of the molecule is CCCOc1ccc(CC(N)CC)cc1COCC. The van der Waals surface area contributed by atoms with Crippen LogP contribution in [0.25, 0.3) is 0 Å². The van der Waals surface area contributed by atoms with Gasteiger partial charge in [-0.2, -0.15) is 0 Å². The van der Waals surface area contributed by atoms with Gasteiger partial charge < -0.3 is 15.2 Å². The maximum Gasteiger partial charge on any atom is 0.124 e. The van der Waals surface area contributed by atoms with E-state index in [9.17, 15) is 0 Å². The molecule has 1 unspecified atom stereocenters. The van der Waals surface area contributed by atoms with Gasteiger partial charge in [0.1, 0.15) is 5.75 Å².